The molecule has 10 nitrogen and oxygen atoms in total. The van der Waals surface area contributed by atoms with Crippen molar-refractivity contribution in [1.29, 1.82) is 0 Å². The second kappa shape index (κ2) is 17.0. The molecule has 1 aromatic rings. The Hall–Kier alpha value is -2.08. The molecule has 1 aromatic heterocycles. The van der Waals surface area contributed by atoms with Crippen LogP contribution < -0.4 is 5.32 Å². The van der Waals surface area contributed by atoms with E-state index >= 15 is 0 Å². The minimum atomic E-state index is -1.02. The van der Waals surface area contributed by atoms with Crippen LogP contribution in [0.4, 0.5) is 0 Å². The Morgan fingerprint density at radius 1 is 1.23 bits per heavy atom. The number of likely N-dealkylation sites (N-methyl/N-ethyl adjacent to an activating group) is 1. The molecule has 228 valence electrons. The number of carbonyl (C=O) groups is 3. The Bertz CT molecular complexity index is 941. The number of ether oxygens (including phenoxy) is 1. The molecule has 0 bridgehead atoms. The highest BCUT2D eigenvalue weighted by Gasteiger charge is 2.39. The molecule has 1 aliphatic heterocycles. The second-order valence-corrected chi connectivity index (χ2v) is 12.1. The number of nitrogens with one attached hydrogen (secondary N) is 1. The van der Waals surface area contributed by atoms with Crippen LogP contribution in [0.5, 0.6) is 0 Å². The van der Waals surface area contributed by atoms with E-state index < -0.39 is 24.2 Å². The number of hydrogen-bond donors (Lipinski definition) is 2. The van der Waals surface area contributed by atoms with E-state index in [1.807, 2.05) is 34.7 Å². The summed E-state index contributed by atoms with van der Waals surface area (Å²) in [6.07, 6.45) is 5.42. The zero-order valence-electron chi connectivity index (χ0n) is 25.4. The third kappa shape index (κ3) is 9.49. The Labute approximate surface area is 243 Å². The van der Waals surface area contributed by atoms with Crippen molar-refractivity contribution < 1.29 is 29.1 Å². The number of nitrogens with zero attached hydrogens (tertiary/aromatic N) is 3. The van der Waals surface area contributed by atoms with Gasteiger partial charge < -0.3 is 15.2 Å². The van der Waals surface area contributed by atoms with Crippen LogP contribution in [0.15, 0.2) is 5.38 Å². The van der Waals surface area contributed by atoms with Crippen molar-refractivity contribution in [3.05, 3.63) is 16.1 Å². The number of hydroxylamine groups is 2. The quantitative estimate of drug-likeness (QED) is 0.168. The van der Waals surface area contributed by atoms with Crippen molar-refractivity contribution in [2.45, 2.75) is 110 Å². The maximum atomic E-state index is 14.2. The lowest BCUT2D eigenvalue weighted by Gasteiger charge is -2.38. The molecule has 2 amide bonds. The Balaban J connectivity index is 2.33. The standard InChI is InChI=1S/C29H50N4O6S/c1-8-10-13-16-39-33(23(19(3)4)17-24(34)27-30-21(18-40-27)29(37)38-7)28(36)25(20(5)9-2)31-26(35)22-14-11-12-15-32(22)6/h18-20,22-25,34H,8-17H2,1-7H3,(H,31,35)/t20-,22+,23+,24+,25-/m0/s1. The molecule has 40 heavy (non-hydrogen) atoms. The lowest BCUT2D eigenvalue weighted by molar-refractivity contribution is -0.212. The summed E-state index contributed by atoms with van der Waals surface area (Å²) in [5.41, 5.74) is 0.138. The summed E-state index contributed by atoms with van der Waals surface area (Å²) in [5.74, 6) is -1.19. The number of thiazole rings is 1. The van der Waals surface area contributed by atoms with Gasteiger partial charge in [-0.05, 0) is 44.7 Å². The number of rotatable bonds is 16. The molecule has 0 spiro atoms. The van der Waals surface area contributed by atoms with Crippen LogP contribution in [0, 0.1) is 11.8 Å². The van der Waals surface area contributed by atoms with Crippen LogP contribution in [0.2, 0.25) is 0 Å². The van der Waals surface area contributed by atoms with Gasteiger partial charge >= 0.3 is 5.97 Å². The fourth-order valence-corrected chi connectivity index (χ4v) is 5.71. The largest absolute Gasteiger partial charge is 0.464 e. The Kier molecular flexibility index (Phi) is 14.5. The number of aliphatic hydroxyl groups excluding tert-OH is 1. The second-order valence-electron chi connectivity index (χ2n) is 11.2. The first-order valence-electron chi connectivity index (χ1n) is 14.7. The normalized spacial score (nSPS) is 19.1. The fraction of sp³-hybridized carbons (Fsp3) is 0.793. The van der Waals surface area contributed by atoms with Gasteiger partial charge in [0.05, 0.1) is 25.8 Å². The van der Waals surface area contributed by atoms with Gasteiger partial charge in [-0.15, -0.1) is 11.3 Å². The van der Waals surface area contributed by atoms with E-state index in [2.05, 4.69) is 22.1 Å². The summed E-state index contributed by atoms with van der Waals surface area (Å²) in [5, 5.41) is 17.5. The van der Waals surface area contributed by atoms with Crippen LogP contribution in [0.3, 0.4) is 0 Å². The van der Waals surface area contributed by atoms with E-state index in [-0.39, 0.29) is 41.8 Å². The molecule has 0 unspecified atom stereocenters. The molecule has 1 aliphatic rings. The molecule has 0 aliphatic carbocycles. The van der Waals surface area contributed by atoms with Crippen LogP contribution >= 0.6 is 11.3 Å². The number of unbranched alkanes of at least 4 members (excludes halogenated alkanes) is 2. The smallest absolute Gasteiger partial charge is 0.357 e. The SMILES string of the molecule is CCCCCON(C(=O)[C@@H](NC(=O)[C@H]1CCCCN1C)[C@@H](C)CC)[C@H](C[C@@H](O)c1nc(C(=O)OC)cs1)C(C)C. The molecule has 0 aromatic carbocycles. The number of piperidine rings is 1. The third-order valence-corrected chi connectivity index (χ3v) is 8.73. The van der Waals surface area contributed by atoms with Gasteiger partial charge in [0.15, 0.2) is 5.69 Å². The summed E-state index contributed by atoms with van der Waals surface area (Å²) in [6, 6.07) is -1.51. The zero-order chi connectivity index (χ0) is 29.8. The number of methoxy groups -OCH3 is 1. The van der Waals surface area contributed by atoms with Crippen LogP contribution in [-0.2, 0) is 19.2 Å². The highest BCUT2D eigenvalue weighted by Crippen LogP contribution is 2.29. The number of likely N-dealkylation sites (tertiary alicyclic amines) is 1. The summed E-state index contributed by atoms with van der Waals surface area (Å²) < 4.78 is 4.74. The van der Waals surface area contributed by atoms with Crippen molar-refractivity contribution in [1.82, 2.24) is 20.3 Å². The maximum absolute atomic E-state index is 14.2. The lowest BCUT2D eigenvalue weighted by Crippen LogP contribution is -2.58. The molecule has 2 N–H and O–H groups in total. The van der Waals surface area contributed by atoms with Crippen molar-refractivity contribution in [3.8, 4) is 0 Å². The average Bonchev–Trinajstić information content (AvgIpc) is 3.44. The Morgan fingerprint density at radius 2 is 1.95 bits per heavy atom. The first-order valence-corrected chi connectivity index (χ1v) is 15.6. The fourth-order valence-electron chi connectivity index (χ4n) is 4.92. The first kappa shape index (κ1) is 34.1. The average molecular weight is 583 g/mol. The van der Waals surface area contributed by atoms with E-state index in [9.17, 15) is 19.5 Å². The van der Waals surface area contributed by atoms with Gasteiger partial charge in [-0.1, -0.05) is 60.3 Å². The van der Waals surface area contributed by atoms with E-state index in [0.29, 0.717) is 18.0 Å². The number of aliphatic hydroxyl groups is 1. The van der Waals surface area contributed by atoms with Gasteiger partial charge in [0, 0.05) is 11.8 Å². The number of amides is 2. The van der Waals surface area contributed by atoms with E-state index in [0.717, 1.165) is 45.1 Å². The number of aromatic nitrogens is 1. The highest BCUT2D eigenvalue weighted by molar-refractivity contribution is 7.09. The molecule has 2 rings (SSSR count). The van der Waals surface area contributed by atoms with Crippen LogP contribution in [0.1, 0.15) is 108 Å². The minimum Gasteiger partial charge on any atom is -0.464 e. The van der Waals surface area contributed by atoms with Crippen LogP contribution in [-0.4, -0.2) is 83.3 Å². The molecule has 0 saturated carbocycles. The Morgan fingerprint density at radius 3 is 2.55 bits per heavy atom. The van der Waals surface area contributed by atoms with Crippen molar-refractivity contribution in [3.63, 3.8) is 0 Å². The lowest BCUT2D eigenvalue weighted by atomic mass is 9.93. The summed E-state index contributed by atoms with van der Waals surface area (Å²) in [6.45, 7) is 11.2. The molecule has 1 saturated heterocycles. The summed E-state index contributed by atoms with van der Waals surface area (Å²) >= 11 is 1.17. The third-order valence-electron chi connectivity index (χ3n) is 7.78. The topological polar surface area (TPSA) is 121 Å². The van der Waals surface area contributed by atoms with Gasteiger partial charge in [0.1, 0.15) is 17.2 Å². The van der Waals surface area contributed by atoms with Crippen molar-refractivity contribution in [2.24, 2.45) is 11.8 Å². The van der Waals surface area contributed by atoms with E-state index in [1.54, 1.807) is 5.38 Å². The van der Waals surface area contributed by atoms with Gasteiger partial charge in [-0.25, -0.2) is 14.8 Å². The zero-order valence-corrected chi connectivity index (χ0v) is 26.2. The predicted molar refractivity (Wildman–Crippen MR) is 156 cm³/mol. The molecule has 5 atom stereocenters. The van der Waals surface area contributed by atoms with Crippen molar-refractivity contribution >= 4 is 29.1 Å². The number of esters is 1. The molecule has 2 heterocycles. The van der Waals surface area contributed by atoms with Crippen molar-refractivity contribution in [2.75, 3.05) is 27.3 Å². The maximum Gasteiger partial charge on any atom is 0.357 e. The van der Waals surface area contributed by atoms with Gasteiger partial charge in [-0.3, -0.25) is 19.3 Å². The van der Waals surface area contributed by atoms with E-state index in [1.165, 1.54) is 23.5 Å². The summed E-state index contributed by atoms with van der Waals surface area (Å²) in [7, 11) is 3.23. The first-order chi connectivity index (χ1) is 19.0. The molecule has 1 fully saturated rings. The monoisotopic (exact) mass is 582 g/mol. The van der Waals surface area contributed by atoms with Crippen LogP contribution in [0.25, 0.3) is 0 Å². The molecular weight excluding hydrogens is 532 g/mol. The predicted octanol–water partition coefficient (Wildman–Crippen LogP) is 4.34. The number of carbonyl (C=O) groups excluding carboxylic acids is 3. The highest BCUT2D eigenvalue weighted by atomic mass is 32.1. The molecular formula is C29H50N4O6S. The summed E-state index contributed by atoms with van der Waals surface area (Å²) in [4.78, 5) is 51.9. The molecule has 0 radical (unpaired) electrons. The van der Waals surface area contributed by atoms with E-state index in [4.69, 9.17) is 9.57 Å². The number of hydrogen-bond acceptors (Lipinski definition) is 9. The van der Waals surface area contributed by atoms with Gasteiger partial charge in [0.2, 0.25) is 5.91 Å². The minimum absolute atomic E-state index is 0.0671. The molecule has 11 heteroatoms. The van der Waals surface area contributed by atoms with Gasteiger partial charge in [-0.2, -0.15) is 0 Å². The van der Waals surface area contributed by atoms with Gasteiger partial charge in [0.25, 0.3) is 5.91 Å².